The first kappa shape index (κ1) is 15.0. The summed E-state index contributed by atoms with van der Waals surface area (Å²) in [5, 5.41) is 0. The lowest BCUT2D eigenvalue weighted by Crippen LogP contribution is -2.04. The van der Waals surface area contributed by atoms with Gasteiger partial charge in [-0.1, -0.05) is 38.7 Å². The van der Waals surface area contributed by atoms with Crippen molar-refractivity contribution in [3.8, 4) is 0 Å². The second-order valence-corrected chi connectivity index (χ2v) is 8.59. The number of hydrogen-bond acceptors (Lipinski definition) is 2. The molecule has 4 heteroatoms. The molecule has 0 N–H and O–H groups in total. The van der Waals surface area contributed by atoms with Crippen molar-refractivity contribution in [3.05, 3.63) is 28.2 Å². The van der Waals surface area contributed by atoms with Crippen LogP contribution >= 0.6 is 15.9 Å². The molecule has 0 radical (unpaired) electrons. The molecule has 1 aliphatic carbocycles. The van der Waals surface area contributed by atoms with Gasteiger partial charge in [0.15, 0.2) is 9.84 Å². The highest BCUT2D eigenvalue weighted by atomic mass is 79.9. The molecule has 19 heavy (non-hydrogen) atoms. The summed E-state index contributed by atoms with van der Waals surface area (Å²) in [6, 6.07) is 5.65. The van der Waals surface area contributed by atoms with E-state index in [4.69, 9.17) is 0 Å². The van der Waals surface area contributed by atoms with E-state index in [2.05, 4.69) is 22.9 Å². The second-order valence-electron chi connectivity index (χ2n) is 5.75. The van der Waals surface area contributed by atoms with Crippen LogP contribution in [0.15, 0.2) is 27.6 Å². The molecule has 1 atom stereocenters. The fourth-order valence-electron chi connectivity index (χ4n) is 3.01. The lowest BCUT2D eigenvalue weighted by Gasteiger charge is -2.17. The Morgan fingerprint density at radius 1 is 1.32 bits per heavy atom. The maximum Gasteiger partial charge on any atom is 0.176 e. The van der Waals surface area contributed by atoms with E-state index in [1.54, 1.807) is 6.07 Å². The smallest absolute Gasteiger partial charge is 0.176 e. The van der Waals surface area contributed by atoms with Crippen LogP contribution in [-0.2, 0) is 9.84 Å². The molecule has 1 aromatic carbocycles. The summed E-state index contributed by atoms with van der Waals surface area (Å²) in [6.45, 7) is 2.24. The monoisotopic (exact) mass is 344 g/mol. The minimum atomic E-state index is -3.15. The van der Waals surface area contributed by atoms with Gasteiger partial charge in [0.25, 0.3) is 0 Å². The number of rotatable bonds is 4. The predicted octanol–water partition coefficient (Wildman–Crippen LogP) is 4.54. The van der Waals surface area contributed by atoms with Crippen LogP contribution in [0.25, 0.3) is 0 Å². The number of halogens is 1. The summed E-state index contributed by atoms with van der Waals surface area (Å²) in [6.07, 6.45) is 7.90. The van der Waals surface area contributed by atoms with Gasteiger partial charge in [-0.05, 0) is 51.9 Å². The molecule has 0 saturated heterocycles. The molecule has 1 aromatic rings. The Kier molecular flexibility index (Phi) is 4.72. The number of hydrogen-bond donors (Lipinski definition) is 0. The molecule has 0 spiro atoms. The summed E-state index contributed by atoms with van der Waals surface area (Å²) >= 11 is 3.38. The topological polar surface area (TPSA) is 34.1 Å². The standard InChI is InChI=1S/C15H21BrO2S/c1-11(9-12-5-3-4-6-12)13-7-8-15(14(16)10-13)19(2,17)18/h7-8,10-12H,3-6,9H2,1-2H3. The quantitative estimate of drug-likeness (QED) is 0.803. The van der Waals surface area contributed by atoms with Crippen molar-refractivity contribution in [2.45, 2.75) is 49.8 Å². The van der Waals surface area contributed by atoms with Gasteiger partial charge in [0.1, 0.15) is 0 Å². The third kappa shape index (κ3) is 3.82. The first-order chi connectivity index (χ1) is 8.88. The van der Waals surface area contributed by atoms with Crippen LogP contribution in [-0.4, -0.2) is 14.7 Å². The normalized spacial score (nSPS) is 18.7. The lowest BCUT2D eigenvalue weighted by molar-refractivity contribution is 0.460. The van der Waals surface area contributed by atoms with Crippen LogP contribution in [0, 0.1) is 5.92 Å². The molecule has 0 aromatic heterocycles. The van der Waals surface area contributed by atoms with Crippen LogP contribution in [0.4, 0.5) is 0 Å². The molecule has 1 saturated carbocycles. The van der Waals surface area contributed by atoms with E-state index in [0.29, 0.717) is 15.3 Å². The second kappa shape index (κ2) is 5.96. The first-order valence-electron chi connectivity index (χ1n) is 6.87. The molecule has 2 nitrogen and oxygen atoms in total. The predicted molar refractivity (Wildman–Crippen MR) is 82.2 cm³/mol. The minimum Gasteiger partial charge on any atom is -0.224 e. The van der Waals surface area contributed by atoms with Crippen LogP contribution in [0.2, 0.25) is 0 Å². The molecule has 106 valence electrons. The summed E-state index contributed by atoms with van der Waals surface area (Å²) in [5.41, 5.74) is 1.23. The third-order valence-corrected chi connectivity index (χ3v) is 6.16. The Morgan fingerprint density at radius 3 is 2.47 bits per heavy atom. The van der Waals surface area contributed by atoms with Gasteiger partial charge in [-0.2, -0.15) is 0 Å². The van der Waals surface area contributed by atoms with Crippen molar-refractivity contribution in [2.75, 3.05) is 6.26 Å². The van der Waals surface area contributed by atoms with E-state index in [9.17, 15) is 8.42 Å². The molecular formula is C15H21BrO2S. The van der Waals surface area contributed by atoms with Crippen molar-refractivity contribution in [1.82, 2.24) is 0 Å². The Balaban J connectivity index is 2.14. The highest BCUT2D eigenvalue weighted by Crippen LogP contribution is 2.35. The summed E-state index contributed by atoms with van der Waals surface area (Å²) in [5.74, 6) is 1.34. The lowest BCUT2D eigenvalue weighted by atomic mass is 9.89. The van der Waals surface area contributed by atoms with Crippen LogP contribution < -0.4 is 0 Å². The summed E-state index contributed by atoms with van der Waals surface area (Å²) in [7, 11) is -3.15. The summed E-state index contributed by atoms with van der Waals surface area (Å²) in [4.78, 5) is 0.379. The Hall–Kier alpha value is -0.350. The third-order valence-electron chi connectivity index (χ3n) is 4.09. The molecule has 0 aliphatic heterocycles. The van der Waals surface area contributed by atoms with Gasteiger partial charge >= 0.3 is 0 Å². The number of sulfone groups is 1. The average Bonchev–Trinajstić information content (AvgIpc) is 2.79. The highest BCUT2D eigenvalue weighted by molar-refractivity contribution is 9.10. The van der Waals surface area contributed by atoms with Crippen molar-refractivity contribution >= 4 is 25.8 Å². The molecule has 0 bridgehead atoms. The van der Waals surface area contributed by atoms with E-state index in [0.717, 1.165) is 5.92 Å². The molecule has 0 heterocycles. The van der Waals surface area contributed by atoms with Crippen molar-refractivity contribution in [1.29, 1.82) is 0 Å². The Morgan fingerprint density at radius 2 is 1.95 bits per heavy atom. The van der Waals surface area contributed by atoms with Gasteiger partial charge in [-0.25, -0.2) is 8.42 Å². The molecule has 0 amide bonds. The van der Waals surface area contributed by atoms with E-state index in [1.165, 1.54) is 43.9 Å². The largest absolute Gasteiger partial charge is 0.224 e. The maximum atomic E-state index is 11.6. The van der Waals surface area contributed by atoms with Gasteiger partial charge in [0, 0.05) is 10.7 Å². The van der Waals surface area contributed by atoms with E-state index in [1.807, 2.05) is 12.1 Å². The van der Waals surface area contributed by atoms with Gasteiger partial charge in [0.2, 0.25) is 0 Å². The number of benzene rings is 1. The first-order valence-corrected chi connectivity index (χ1v) is 9.56. The zero-order chi connectivity index (χ0) is 14.0. The van der Waals surface area contributed by atoms with Gasteiger partial charge in [-0.3, -0.25) is 0 Å². The van der Waals surface area contributed by atoms with E-state index < -0.39 is 9.84 Å². The zero-order valence-corrected chi connectivity index (χ0v) is 13.9. The fourth-order valence-corrected chi connectivity index (χ4v) is 5.01. The molecule has 1 unspecified atom stereocenters. The summed E-state index contributed by atoms with van der Waals surface area (Å²) < 4.78 is 23.9. The van der Waals surface area contributed by atoms with Crippen molar-refractivity contribution in [2.24, 2.45) is 5.92 Å². The van der Waals surface area contributed by atoms with E-state index in [-0.39, 0.29) is 0 Å². The van der Waals surface area contributed by atoms with Gasteiger partial charge < -0.3 is 0 Å². The molecule has 1 aliphatic rings. The SMILES string of the molecule is CC(CC1CCCC1)c1ccc(S(C)(=O)=O)c(Br)c1. The van der Waals surface area contributed by atoms with E-state index >= 15 is 0 Å². The molecule has 1 fully saturated rings. The Bertz CT molecular complexity index is 545. The van der Waals surface area contributed by atoms with Crippen molar-refractivity contribution < 1.29 is 8.42 Å². The maximum absolute atomic E-state index is 11.6. The molecular weight excluding hydrogens is 324 g/mol. The van der Waals surface area contributed by atoms with Crippen molar-refractivity contribution in [3.63, 3.8) is 0 Å². The van der Waals surface area contributed by atoms with Crippen LogP contribution in [0.1, 0.15) is 50.5 Å². The van der Waals surface area contributed by atoms with Crippen LogP contribution in [0.3, 0.4) is 0 Å². The van der Waals surface area contributed by atoms with Gasteiger partial charge in [-0.15, -0.1) is 0 Å². The Labute approximate surface area is 124 Å². The molecule has 2 rings (SSSR count). The minimum absolute atomic E-state index is 0.379. The highest BCUT2D eigenvalue weighted by Gasteiger charge is 2.20. The van der Waals surface area contributed by atoms with Crippen LogP contribution in [0.5, 0.6) is 0 Å². The average molecular weight is 345 g/mol. The fraction of sp³-hybridized carbons (Fsp3) is 0.600. The van der Waals surface area contributed by atoms with Gasteiger partial charge in [0.05, 0.1) is 4.90 Å². The zero-order valence-electron chi connectivity index (χ0n) is 11.5.